The van der Waals surface area contributed by atoms with E-state index in [1.165, 1.54) is 18.2 Å². The Balaban J connectivity index is 1.96. The van der Waals surface area contributed by atoms with Crippen molar-refractivity contribution >= 4 is 23.5 Å². The number of benzene rings is 2. The molecule has 0 aliphatic heterocycles. The number of hydrogen-bond acceptors (Lipinski definition) is 4. The Morgan fingerprint density at radius 2 is 1.62 bits per heavy atom. The van der Waals surface area contributed by atoms with Crippen LogP contribution >= 0.6 is 11.6 Å². The highest BCUT2D eigenvalue weighted by Crippen LogP contribution is 2.14. The van der Waals surface area contributed by atoms with Gasteiger partial charge in [0.15, 0.2) is 0 Å². The predicted molar refractivity (Wildman–Crippen MR) is 76.1 cm³/mol. The van der Waals surface area contributed by atoms with E-state index in [0.717, 1.165) is 0 Å². The Kier molecular flexibility index (Phi) is 4.76. The van der Waals surface area contributed by atoms with Crippen LogP contribution in [0.1, 0.15) is 20.7 Å². The third kappa shape index (κ3) is 3.95. The van der Waals surface area contributed by atoms with Gasteiger partial charge in [-0.15, -0.1) is 0 Å². The van der Waals surface area contributed by atoms with Crippen molar-refractivity contribution in [3.05, 3.63) is 64.7 Å². The van der Waals surface area contributed by atoms with E-state index in [4.69, 9.17) is 21.5 Å². The normalized spacial score (nSPS) is 9.95. The van der Waals surface area contributed by atoms with Crippen molar-refractivity contribution in [2.24, 2.45) is 0 Å². The Hall–Kier alpha value is -2.57. The molecule has 7 heteroatoms. The average molecular weight is 307 g/mol. The van der Waals surface area contributed by atoms with Gasteiger partial charge in [-0.05, 0) is 36.4 Å². The molecule has 108 valence electrons. The van der Waals surface area contributed by atoms with Crippen molar-refractivity contribution in [1.82, 2.24) is 11.0 Å². The highest BCUT2D eigenvalue weighted by atomic mass is 35.5. The van der Waals surface area contributed by atoms with Crippen LogP contribution in [-0.4, -0.2) is 17.0 Å². The lowest BCUT2D eigenvalue weighted by atomic mass is 10.1. The number of hydrogen-bond donors (Lipinski definition) is 3. The molecule has 0 saturated carbocycles. The maximum Gasteiger partial charge on any atom is 0.336 e. The monoisotopic (exact) mass is 306 g/mol. The Labute approximate surface area is 125 Å². The largest absolute Gasteiger partial charge is 0.478 e. The summed E-state index contributed by atoms with van der Waals surface area (Å²) >= 11 is 5.72. The van der Waals surface area contributed by atoms with Crippen molar-refractivity contribution in [2.75, 3.05) is 0 Å². The van der Waals surface area contributed by atoms with Gasteiger partial charge in [0.1, 0.15) is 5.75 Å². The van der Waals surface area contributed by atoms with Crippen LogP contribution in [0.4, 0.5) is 0 Å². The minimum Gasteiger partial charge on any atom is -0.478 e. The van der Waals surface area contributed by atoms with Gasteiger partial charge >= 0.3 is 5.97 Å². The molecule has 2 aromatic rings. The van der Waals surface area contributed by atoms with E-state index >= 15 is 0 Å². The van der Waals surface area contributed by atoms with Gasteiger partial charge < -0.3 is 9.94 Å². The van der Waals surface area contributed by atoms with E-state index in [1.54, 1.807) is 30.3 Å². The SMILES string of the molecule is O=C(O)c1ccccc1C(=O)NNOc1ccc(Cl)cc1. The molecule has 0 fully saturated rings. The molecule has 0 aromatic heterocycles. The zero-order valence-corrected chi connectivity index (χ0v) is 11.4. The van der Waals surface area contributed by atoms with Gasteiger partial charge in [-0.25, -0.2) is 4.79 Å². The second-order valence-electron chi connectivity index (χ2n) is 3.96. The first-order valence-corrected chi connectivity index (χ1v) is 6.26. The summed E-state index contributed by atoms with van der Waals surface area (Å²) in [5.41, 5.74) is 4.43. The molecular formula is C14H11ClN2O4. The van der Waals surface area contributed by atoms with Gasteiger partial charge in [-0.3, -0.25) is 10.2 Å². The molecule has 0 atom stereocenters. The van der Waals surface area contributed by atoms with Crippen molar-refractivity contribution in [3.8, 4) is 5.75 Å². The molecule has 21 heavy (non-hydrogen) atoms. The van der Waals surface area contributed by atoms with Crippen molar-refractivity contribution in [3.63, 3.8) is 0 Å². The summed E-state index contributed by atoms with van der Waals surface area (Å²) in [6.07, 6.45) is 0. The average Bonchev–Trinajstić information content (AvgIpc) is 2.49. The van der Waals surface area contributed by atoms with Crippen LogP contribution in [0.3, 0.4) is 0 Å². The molecule has 0 aliphatic rings. The molecule has 0 spiro atoms. The maximum absolute atomic E-state index is 11.9. The summed E-state index contributed by atoms with van der Waals surface area (Å²) in [6, 6.07) is 12.3. The molecule has 0 radical (unpaired) electrons. The summed E-state index contributed by atoms with van der Waals surface area (Å²) in [5, 5.41) is 9.56. The van der Waals surface area contributed by atoms with Crippen LogP contribution in [0.2, 0.25) is 5.02 Å². The Morgan fingerprint density at radius 1 is 1.00 bits per heavy atom. The highest BCUT2D eigenvalue weighted by Gasteiger charge is 2.15. The van der Waals surface area contributed by atoms with E-state index in [9.17, 15) is 9.59 Å². The predicted octanol–water partition coefficient (Wildman–Crippen LogP) is 2.27. The third-order valence-corrected chi connectivity index (χ3v) is 2.80. The highest BCUT2D eigenvalue weighted by molar-refractivity contribution is 6.30. The van der Waals surface area contributed by atoms with Gasteiger partial charge in [0, 0.05) is 5.02 Å². The van der Waals surface area contributed by atoms with Crippen LogP contribution < -0.4 is 15.9 Å². The van der Waals surface area contributed by atoms with E-state index in [2.05, 4.69) is 11.0 Å². The maximum atomic E-state index is 11.9. The summed E-state index contributed by atoms with van der Waals surface area (Å²) in [4.78, 5) is 28.0. The number of carboxylic acids is 1. The molecule has 6 nitrogen and oxygen atoms in total. The van der Waals surface area contributed by atoms with Crippen molar-refractivity contribution < 1.29 is 19.5 Å². The lowest BCUT2D eigenvalue weighted by Crippen LogP contribution is -2.40. The van der Waals surface area contributed by atoms with Crippen molar-refractivity contribution in [2.45, 2.75) is 0 Å². The molecule has 1 amide bonds. The number of hydrazine groups is 1. The lowest BCUT2D eigenvalue weighted by molar-refractivity contribution is 0.0682. The zero-order chi connectivity index (χ0) is 15.2. The first-order chi connectivity index (χ1) is 10.1. The summed E-state index contributed by atoms with van der Waals surface area (Å²) < 4.78 is 0. The second kappa shape index (κ2) is 6.74. The lowest BCUT2D eigenvalue weighted by Gasteiger charge is -2.09. The fourth-order valence-corrected chi connectivity index (χ4v) is 1.69. The number of nitrogens with one attached hydrogen (secondary N) is 2. The molecule has 0 aliphatic carbocycles. The van der Waals surface area contributed by atoms with Gasteiger partial charge in [-0.2, -0.15) is 0 Å². The molecule has 2 aromatic carbocycles. The molecule has 2 rings (SSSR count). The first kappa shape index (κ1) is 14.8. The van der Waals surface area contributed by atoms with E-state index in [1.807, 2.05) is 0 Å². The molecule has 0 unspecified atom stereocenters. The number of carbonyl (C=O) groups is 2. The van der Waals surface area contributed by atoms with Gasteiger partial charge in [0.05, 0.1) is 11.1 Å². The fourth-order valence-electron chi connectivity index (χ4n) is 1.57. The van der Waals surface area contributed by atoms with E-state index < -0.39 is 11.9 Å². The van der Waals surface area contributed by atoms with Crippen LogP contribution in [0.5, 0.6) is 5.75 Å². The summed E-state index contributed by atoms with van der Waals surface area (Å²) in [5.74, 6) is -1.37. The van der Waals surface area contributed by atoms with E-state index in [0.29, 0.717) is 10.8 Å². The van der Waals surface area contributed by atoms with Crippen LogP contribution in [0, 0.1) is 0 Å². The molecule has 0 saturated heterocycles. The van der Waals surface area contributed by atoms with Gasteiger partial charge in [0.25, 0.3) is 5.91 Å². The summed E-state index contributed by atoms with van der Waals surface area (Å²) in [7, 11) is 0. The standard InChI is InChI=1S/C14H11ClN2O4/c15-9-5-7-10(8-6-9)21-17-16-13(18)11-3-1-2-4-12(11)14(19)20/h1-8,17H,(H,16,18)(H,19,20). The fraction of sp³-hybridized carbons (Fsp3) is 0. The number of carboxylic acid groups (broad SMARTS) is 1. The van der Waals surface area contributed by atoms with Gasteiger partial charge in [-0.1, -0.05) is 29.3 Å². The van der Waals surface area contributed by atoms with Crippen LogP contribution in [0.25, 0.3) is 0 Å². The molecular weight excluding hydrogens is 296 g/mol. The number of amides is 1. The molecule has 0 bridgehead atoms. The number of aromatic carboxylic acids is 1. The second-order valence-corrected chi connectivity index (χ2v) is 4.40. The topological polar surface area (TPSA) is 87.7 Å². The third-order valence-electron chi connectivity index (χ3n) is 2.55. The quantitative estimate of drug-likeness (QED) is 0.738. The molecule has 3 N–H and O–H groups in total. The number of rotatable bonds is 5. The van der Waals surface area contributed by atoms with Gasteiger partial charge in [0.2, 0.25) is 0 Å². The minimum absolute atomic E-state index is 0.0252. The zero-order valence-electron chi connectivity index (χ0n) is 10.7. The smallest absolute Gasteiger partial charge is 0.336 e. The first-order valence-electron chi connectivity index (χ1n) is 5.88. The minimum atomic E-state index is -1.18. The Morgan fingerprint density at radius 3 is 2.24 bits per heavy atom. The number of halogens is 1. The van der Waals surface area contributed by atoms with Crippen LogP contribution in [0.15, 0.2) is 48.5 Å². The number of carbonyl (C=O) groups excluding carboxylic acids is 1. The Bertz CT molecular complexity index is 658. The van der Waals surface area contributed by atoms with Crippen molar-refractivity contribution in [1.29, 1.82) is 0 Å². The summed E-state index contributed by atoms with van der Waals surface area (Å²) in [6.45, 7) is 0. The van der Waals surface area contributed by atoms with E-state index in [-0.39, 0.29) is 11.1 Å². The molecule has 0 heterocycles. The van der Waals surface area contributed by atoms with Crippen LogP contribution in [-0.2, 0) is 0 Å².